The summed E-state index contributed by atoms with van der Waals surface area (Å²) in [7, 11) is 0. The lowest BCUT2D eigenvalue weighted by molar-refractivity contribution is -0.383. The van der Waals surface area contributed by atoms with Crippen LogP contribution >= 0.6 is 0 Å². The molecule has 1 aliphatic rings. The van der Waals surface area contributed by atoms with E-state index in [1.165, 1.54) is 12.4 Å². The topological polar surface area (TPSA) is 87.4 Å². The molecule has 1 saturated heterocycles. The first-order valence-electron chi connectivity index (χ1n) is 10.2. The Bertz CT molecular complexity index is 1090. The van der Waals surface area contributed by atoms with Crippen LogP contribution in [0.1, 0.15) is 12.5 Å². The molecule has 0 spiro atoms. The molecule has 0 atom stereocenters. The third-order valence-corrected chi connectivity index (χ3v) is 5.41. The molecule has 0 unspecified atom stereocenters. The van der Waals surface area contributed by atoms with Crippen LogP contribution in [0.15, 0.2) is 54.9 Å². The van der Waals surface area contributed by atoms with Crippen molar-refractivity contribution in [3.63, 3.8) is 0 Å². The third kappa shape index (κ3) is 4.25. The van der Waals surface area contributed by atoms with Gasteiger partial charge < -0.3 is 15.1 Å². The van der Waals surface area contributed by atoms with Crippen molar-refractivity contribution in [3.8, 4) is 0 Å². The number of halogens is 1. The Morgan fingerprint density at radius 2 is 1.71 bits per heavy atom. The Balaban J connectivity index is 1.59. The maximum atomic E-state index is 14.1. The molecule has 0 aliphatic carbocycles. The zero-order valence-corrected chi connectivity index (χ0v) is 17.2. The quantitative estimate of drug-likeness (QED) is 0.471. The van der Waals surface area contributed by atoms with Crippen LogP contribution in [0, 0.1) is 15.9 Å². The summed E-state index contributed by atoms with van der Waals surface area (Å²) in [5.41, 5.74) is 2.20. The van der Waals surface area contributed by atoms with Gasteiger partial charge in [-0.2, -0.15) is 0 Å². The van der Waals surface area contributed by atoms with E-state index in [0.29, 0.717) is 31.9 Å². The standard InChI is InChI=1S/C22H23FN6O2/c1-2-16-7-3-5-9-18(16)26-21-20(29(30)31)22(25-15-24-21)28-13-11-27(12-14-28)19-10-6-4-8-17(19)23/h3-10,15H,2,11-14H2,1H3,(H,24,25,26). The molecule has 1 aliphatic heterocycles. The number of piperazine rings is 1. The summed E-state index contributed by atoms with van der Waals surface area (Å²) in [5, 5.41) is 15.1. The van der Waals surface area contributed by atoms with Crippen LogP contribution in [-0.4, -0.2) is 41.1 Å². The van der Waals surface area contributed by atoms with E-state index >= 15 is 0 Å². The van der Waals surface area contributed by atoms with Crippen molar-refractivity contribution in [1.82, 2.24) is 9.97 Å². The maximum Gasteiger partial charge on any atom is 0.353 e. The minimum atomic E-state index is -0.449. The molecular weight excluding hydrogens is 399 g/mol. The summed E-state index contributed by atoms with van der Waals surface area (Å²) in [6.07, 6.45) is 2.12. The highest BCUT2D eigenvalue weighted by atomic mass is 19.1. The molecule has 0 radical (unpaired) electrons. The lowest BCUT2D eigenvalue weighted by Gasteiger charge is -2.36. The van der Waals surface area contributed by atoms with Gasteiger partial charge in [-0.05, 0) is 30.2 Å². The van der Waals surface area contributed by atoms with Gasteiger partial charge >= 0.3 is 5.69 Å². The molecule has 3 aromatic rings. The van der Waals surface area contributed by atoms with Crippen LogP contribution in [0.5, 0.6) is 0 Å². The van der Waals surface area contributed by atoms with Crippen molar-refractivity contribution >= 4 is 28.7 Å². The number of rotatable bonds is 6. The lowest BCUT2D eigenvalue weighted by atomic mass is 10.1. The van der Waals surface area contributed by atoms with Crippen LogP contribution in [0.2, 0.25) is 0 Å². The number of para-hydroxylation sites is 2. The summed E-state index contributed by atoms with van der Waals surface area (Å²) in [4.78, 5) is 23.7. The Hall–Kier alpha value is -3.75. The summed E-state index contributed by atoms with van der Waals surface area (Å²) < 4.78 is 14.1. The van der Waals surface area contributed by atoms with Gasteiger partial charge in [0, 0.05) is 31.9 Å². The van der Waals surface area contributed by atoms with E-state index in [1.54, 1.807) is 18.2 Å². The fourth-order valence-electron chi connectivity index (χ4n) is 3.81. The molecule has 160 valence electrons. The second kappa shape index (κ2) is 8.95. The summed E-state index contributed by atoms with van der Waals surface area (Å²) >= 11 is 0. The molecule has 1 N–H and O–H groups in total. The Kier molecular flexibility index (Phi) is 5.92. The fraction of sp³-hybridized carbons (Fsp3) is 0.273. The molecule has 1 aromatic heterocycles. The first-order valence-corrected chi connectivity index (χ1v) is 10.2. The highest BCUT2D eigenvalue weighted by Crippen LogP contribution is 2.35. The summed E-state index contributed by atoms with van der Waals surface area (Å²) in [6.45, 7) is 4.05. The number of nitrogens with zero attached hydrogens (tertiary/aromatic N) is 5. The maximum absolute atomic E-state index is 14.1. The number of aromatic nitrogens is 2. The first kappa shape index (κ1) is 20.5. The van der Waals surface area contributed by atoms with Crippen LogP contribution in [0.3, 0.4) is 0 Å². The Labute approximate surface area is 179 Å². The molecule has 1 fully saturated rings. The monoisotopic (exact) mass is 422 g/mol. The van der Waals surface area contributed by atoms with E-state index < -0.39 is 4.92 Å². The predicted octanol–water partition coefficient (Wildman–Crippen LogP) is 4.16. The van der Waals surface area contributed by atoms with Gasteiger partial charge in [0.15, 0.2) is 0 Å². The highest BCUT2D eigenvalue weighted by molar-refractivity contribution is 5.75. The zero-order chi connectivity index (χ0) is 21.8. The van der Waals surface area contributed by atoms with Gasteiger partial charge in [-0.25, -0.2) is 14.4 Å². The Morgan fingerprint density at radius 1 is 1.03 bits per heavy atom. The molecule has 0 bridgehead atoms. The molecule has 0 amide bonds. The number of nitrogens with one attached hydrogen (secondary N) is 1. The van der Waals surface area contributed by atoms with Gasteiger partial charge in [-0.1, -0.05) is 37.3 Å². The van der Waals surface area contributed by atoms with E-state index in [2.05, 4.69) is 15.3 Å². The third-order valence-electron chi connectivity index (χ3n) is 5.41. The molecule has 31 heavy (non-hydrogen) atoms. The van der Waals surface area contributed by atoms with E-state index in [9.17, 15) is 14.5 Å². The van der Waals surface area contributed by atoms with E-state index in [4.69, 9.17) is 0 Å². The molecule has 2 aromatic carbocycles. The van der Waals surface area contributed by atoms with Crippen molar-refractivity contribution in [2.45, 2.75) is 13.3 Å². The second-order valence-electron chi connectivity index (χ2n) is 7.21. The minimum Gasteiger partial charge on any atom is -0.366 e. The number of aryl methyl sites for hydroxylation is 1. The van der Waals surface area contributed by atoms with Gasteiger partial charge in [-0.3, -0.25) is 10.1 Å². The van der Waals surface area contributed by atoms with E-state index in [1.807, 2.05) is 41.0 Å². The number of hydrogen-bond donors (Lipinski definition) is 1. The van der Waals surface area contributed by atoms with Crippen molar-refractivity contribution < 1.29 is 9.31 Å². The summed E-state index contributed by atoms with van der Waals surface area (Å²) in [5.74, 6) is 0.155. The highest BCUT2D eigenvalue weighted by Gasteiger charge is 2.30. The van der Waals surface area contributed by atoms with Gasteiger partial charge in [-0.15, -0.1) is 0 Å². The molecule has 2 heterocycles. The van der Waals surface area contributed by atoms with Crippen LogP contribution < -0.4 is 15.1 Å². The molecule has 9 heteroatoms. The van der Waals surface area contributed by atoms with Crippen LogP contribution in [0.4, 0.5) is 33.1 Å². The van der Waals surface area contributed by atoms with Crippen LogP contribution in [-0.2, 0) is 6.42 Å². The zero-order valence-electron chi connectivity index (χ0n) is 17.2. The van der Waals surface area contributed by atoms with Crippen molar-refractivity contribution in [1.29, 1.82) is 0 Å². The summed E-state index contributed by atoms with van der Waals surface area (Å²) in [6, 6.07) is 14.3. The van der Waals surface area contributed by atoms with Gasteiger partial charge in [0.1, 0.15) is 12.1 Å². The van der Waals surface area contributed by atoms with Crippen molar-refractivity contribution in [2.24, 2.45) is 0 Å². The van der Waals surface area contributed by atoms with Gasteiger partial charge in [0.25, 0.3) is 0 Å². The van der Waals surface area contributed by atoms with Gasteiger partial charge in [0.05, 0.1) is 10.6 Å². The largest absolute Gasteiger partial charge is 0.366 e. The van der Waals surface area contributed by atoms with Crippen molar-refractivity contribution in [3.05, 3.63) is 76.4 Å². The average Bonchev–Trinajstić information content (AvgIpc) is 2.79. The number of hydrogen-bond acceptors (Lipinski definition) is 7. The smallest absolute Gasteiger partial charge is 0.353 e. The SMILES string of the molecule is CCc1ccccc1Nc1ncnc(N2CCN(c3ccccc3F)CC2)c1[N+](=O)[O-]. The first-order chi connectivity index (χ1) is 15.1. The molecule has 8 nitrogen and oxygen atoms in total. The van der Waals surface area contributed by atoms with E-state index in [0.717, 1.165) is 17.7 Å². The molecule has 0 saturated carbocycles. The fourth-order valence-corrected chi connectivity index (χ4v) is 3.81. The number of nitro groups is 1. The van der Waals surface area contributed by atoms with E-state index in [-0.39, 0.29) is 23.1 Å². The second-order valence-corrected chi connectivity index (χ2v) is 7.21. The minimum absolute atomic E-state index is 0.159. The average molecular weight is 422 g/mol. The number of anilines is 4. The van der Waals surface area contributed by atoms with Crippen molar-refractivity contribution in [2.75, 3.05) is 41.3 Å². The lowest BCUT2D eigenvalue weighted by Crippen LogP contribution is -2.47. The Morgan fingerprint density at radius 3 is 2.42 bits per heavy atom. The normalized spacial score (nSPS) is 13.9. The predicted molar refractivity (Wildman–Crippen MR) is 119 cm³/mol. The van der Waals surface area contributed by atoms with Gasteiger partial charge in [0.2, 0.25) is 11.6 Å². The number of benzene rings is 2. The molecule has 4 rings (SSSR count). The van der Waals surface area contributed by atoms with Crippen LogP contribution in [0.25, 0.3) is 0 Å². The molecular formula is C22H23FN6O2.